The predicted octanol–water partition coefficient (Wildman–Crippen LogP) is 1.41. The van der Waals surface area contributed by atoms with Crippen molar-refractivity contribution in [2.75, 3.05) is 12.4 Å². The molecule has 1 aliphatic rings. The van der Waals surface area contributed by atoms with E-state index in [1.165, 1.54) is 37.8 Å². The van der Waals surface area contributed by atoms with Gasteiger partial charge in [-0.15, -0.1) is 0 Å². The van der Waals surface area contributed by atoms with Crippen LogP contribution in [0.4, 0.5) is 0 Å². The molecule has 0 spiro atoms. The molecule has 0 aliphatic carbocycles. The van der Waals surface area contributed by atoms with E-state index < -0.39 is 42.9 Å². The van der Waals surface area contributed by atoms with E-state index in [0.29, 0.717) is 12.2 Å². The fourth-order valence-corrected chi connectivity index (χ4v) is 3.69. The highest BCUT2D eigenvalue weighted by atomic mass is 32.1. The van der Waals surface area contributed by atoms with Crippen LogP contribution in [0, 0.1) is 0 Å². The van der Waals surface area contributed by atoms with Crippen molar-refractivity contribution in [3.8, 4) is 5.75 Å². The average Bonchev–Trinajstić information content (AvgIpc) is 2.74. The Bertz CT molecular complexity index is 665. The topological polar surface area (TPSA) is 130 Å². The number of aliphatic hydroxyl groups excluding tert-OH is 4. The molecule has 1 fully saturated rings. The van der Waals surface area contributed by atoms with Gasteiger partial charge >= 0.3 is 5.63 Å². The summed E-state index contributed by atoms with van der Waals surface area (Å²) in [7, 11) is 0. The molecule has 172 valence electrons. The van der Waals surface area contributed by atoms with Gasteiger partial charge in [0.05, 0.1) is 6.61 Å². The first-order valence-electron chi connectivity index (χ1n) is 10.7. The lowest BCUT2D eigenvalue weighted by Gasteiger charge is -2.39. The van der Waals surface area contributed by atoms with Crippen LogP contribution in [0.3, 0.4) is 0 Å². The van der Waals surface area contributed by atoms with Crippen molar-refractivity contribution in [2.24, 2.45) is 0 Å². The highest BCUT2D eigenvalue weighted by molar-refractivity contribution is 7.80. The molecule has 8 nitrogen and oxygen atoms in total. The quantitative estimate of drug-likeness (QED) is 0.227. The summed E-state index contributed by atoms with van der Waals surface area (Å²) in [4.78, 5) is 11.6. The third-order valence-corrected chi connectivity index (χ3v) is 5.59. The van der Waals surface area contributed by atoms with Crippen LogP contribution in [0.2, 0.25) is 0 Å². The van der Waals surface area contributed by atoms with Crippen molar-refractivity contribution < 1.29 is 34.3 Å². The minimum Gasteiger partial charge on any atom is -0.458 e. The lowest BCUT2D eigenvalue weighted by Crippen LogP contribution is -2.60. The maximum absolute atomic E-state index is 11.6. The highest BCUT2D eigenvalue weighted by Crippen LogP contribution is 2.27. The molecule has 5 atom stereocenters. The Kier molecular flexibility index (Phi) is 11.2. The van der Waals surface area contributed by atoms with Crippen molar-refractivity contribution in [3.63, 3.8) is 0 Å². The van der Waals surface area contributed by atoms with E-state index in [9.17, 15) is 25.2 Å². The van der Waals surface area contributed by atoms with Gasteiger partial charge in [-0.25, -0.2) is 4.79 Å². The standard InChI is InChI=1S/C21H34O8S/c22-13-16-18(24)19(25)20(26)21(29-16)28-15-10-11-17(23)27-14(15)9-7-5-3-1-2-4-6-8-12-30/h10-11,16,18-22,24-26,30H,1-9,12-13H2. The van der Waals surface area contributed by atoms with Crippen LogP contribution in [0.25, 0.3) is 0 Å². The van der Waals surface area contributed by atoms with E-state index in [1.807, 2.05) is 0 Å². The number of aliphatic hydroxyl groups is 4. The van der Waals surface area contributed by atoms with Crippen LogP contribution < -0.4 is 10.4 Å². The van der Waals surface area contributed by atoms with E-state index >= 15 is 0 Å². The summed E-state index contributed by atoms with van der Waals surface area (Å²) in [6.45, 7) is -0.545. The van der Waals surface area contributed by atoms with Crippen LogP contribution in [0.1, 0.15) is 57.1 Å². The van der Waals surface area contributed by atoms with Crippen molar-refractivity contribution in [1.82, 2.24) is 0 Å². The molecule has 30 heavy (non-hydrogen) atoms. The first kappa shape index (κ1) is 25.2. The molecule has 1 aliphatic heterocycles. The van der Waals surface area contributed by atoms with E-state index in [4.69, 9.17) is 13.9 Å². The lowest BCUT2D eigenvalue weighted by molar-refractivity contribution is -0.277. The Balaban J connectivity index is 1.86. The average molecular weight is 447 g/mol. The van der Waals surface area contributed by atoms with Gasteiger partial charge in [-0.1, -0.05) is 38.5 Å². The smallest absolute Gasteiger partial charge is 0.336 e. The van der Waals surface area contributed by atoms with Crippen molar-refractivity contribution in [1.29, 1.82) is 0 Å². The third kappa shape index (κ3) is 7.55. The summed E-state index contributed by atoms with van der Waals surface area (Å²) in [5.41, 5.74) is -0.504. The second-order valence-electron chi connectivity index (χ2n) is 7.66. The van der Waals surface area contributed by atoms with Gasteiger partial charge < -0.3 is 34.3 Å². The third-order valence-electron chi connectivity index (χ3n) is 5.27. The maximum Gasteiger partial charge on any atom is 0.336 e. The Hall–Kier alpha value is -1.10. The van der Waals surface area contributed by atoms with Gasteiger partial charge in [0.25, 0.3) is 0 Å². The zero-order chi connectivity index (χ0) is 21.9. The van der Waals surface area contributed by atoms with Gasteiger partial charge in [-0.2, -0.15) is 12.6 Å². The number of ether oxygens (including phenoxy) is 2. The van der Waals surface area contributed by atoms with Crippen LogP contribution in [0.15, 0.2) is 21.3 Å². The SMILES string of the molecule is O=c1ccc(OC2OC(CO)C(O)C(O)C2O)c(CCCCCCCCCCS)o1. The van der Waals surface area contributed by atoms with Gasteiger partial charge in [-0.3, -0.25) is 0 Å². The monoisotopic (exact) mass is 446 g/mol. The number of hydrogen-bond donors (Lipinski definition) is 5. The largest absolute Gasteiger partial charge is 0.458 e. The van der Waals surface area contributed by atoms with Crippen LogP contribution in [-0.4, -0.2) is 63.5 Å². The second kappa shape index (κ2) is 13.3. The Labute approximate surface area is 182 Å². The molecule has 0 aromatic carbocycles. The molecule has 1 saturated heterocycles. The van der Waals surface area contributed by atoms with Gasteiger partial charge in [-0.05, 0) is 24.7 Å². The summed E-state index contributed by atoms with van der Waals surface area (Å²) < 4.78 is 16.3. The molecular weight excluding hydrogens is 412 g/mol. The van der Waals surface area contributed by atoms with Gasteiger partial charge in [0.15, 0.2) is 5.75 Å². The Morgan fingerprint density at radius 2 is 1.53 bits per heavy atom. The normalized spacial score (nSPS) is 26.6. The van der Waals surface area contributed by atoms with Crippen molar-refractivity contribution in [2.45, 2.75) is 88.5 Å². The zero-order valence-electron chi connectivity index (χ0n) is 17.2. The van der Waals surface area contributed by atoms with Gasteiger partial charge in [0.2, 0.25) is 6.29 Å². The first-order chi connectivity index (χ1) is 14.5. The van der Waals surface area contributed by atoms with Gasteiger partial charge in [0.1, 0.15) is 30.2 Å². The van der Waals surface area contributed by atoms with E-state index in [1.54, 1.807) is 0 Å². The summed E-state index contributed by atoms with van der Waals surface area (Å²) in [6.07, 6.45) is 2.47. The molecule has 5 unspecified atom stereocenters. The molecule has 1 aromatic heterocycles. The summed E-state index contributed by atoms with van der Waals surface area (Å²) in [5.74, 6) is 1.51. The molecule has 2 rings (SSSR count). The Morgan fingerprint density at radius 3 is 2.17 bits per heavy atom. The Morgan fingerprint density at radius 1 is 0.900 bits per heavy atom. The number of hydrogen-bond acceptors (Lipinski definition) is 9. The molecule has 0 bridgehead atoms. The number of rotatable bonds is 13. The van der Waals surface area contributed by atoms with Gasteiger partial charge in [0, 0.05) is 12.5 Å². The predicted molar refractivity (Wildman–Crippen MR) is 114 cm³/mol. The van der Waals surface area contributed by atoms with Crippen LogP contribution >= 0.6 is 12.6 Å². The highest BCUT2D eigenvalue weighted by Gasteiger charge is 2.44. The molecule has 1 aromatic rings. The summed E-state index contributed by atoms with van der Waals surface area (Å²) in [6, 6.07) is 2.64. The van der Waals surface area contributed by atoms with E-state index in [0.717, 1.165) is 31.4 Å². The molecule has 2 heterocycles. The minimum absolute atomic E-state index is 0.227. The fourth-order valence-electron chi connectivity index (χ4n) is 3.47. The van der Waals surface area contributed by atoms with Crippen LogP contribution in [0.5, 0.6) is 5.75 Å². The minimum atomic E-state index is -1.53. The number of aryl methyl sites for hydroxylation is 1. The molecule has 0 amide bonds. The molecule has 0 saturated carbocycles. The van der Waals surface area contributed by atoms with Crippen molar-refractivity contribution in [3.05, 3.63) is 28.3 Å². The lowest BCUT2D eigenvalue weighted by atomic mass is 9.99. The van der Waals surface area contributed by atoms with E-state index in [2.05, 4.69) is 12.6 Å². The first-order valence-corrected chi connectivity index (χ1v) is 11.3. The maximum atomic E-state index is 11.6. The van der Waals surface area contributed by atoms with Crippen LogP contribution in [-0.2, 0) is 11.2 Å². The zero-order valence-corrected chi connectivity index (χ0v) is 18.1. The number of thiol groups is 1. The summed E-state index contributed by atoms with van der Waals surface area (Å²) >= 11 is 4.21. The fraction of sp³-hybridized carbons (Fsp3) is 0.762. The molecule has 9 heteroatoms. The number of unbranched alkanes of at least 4 members (excludes halogenated alkanes) is 7. The molecular formula is C21H34O8S. The van der Waals surface area contributed by atoms with Crippen molar-refractivity contribution >= 4 is 12.6 Å². The second-order valence-corrected chi connectivity index (χ2v) is 8.11. The molecule has 4 N–H and O–H groups in total. The van der Waals surface area contributed by atoms with E-state index in [-0.39, 0.29) is 5.75 Å². The summed E-state index contributed by atoms with van der Waals surface area (Å²) in [5, 5.41) is 39.2. The molecule has 0 radical (unpaired) electrons.